The Hall–Kier alpha value is -1.89. The van der Waals surface area contributed by atoms with Crippen LogP contribution in [0.15, 0.2) is 34.6 Å². The van der Waals surface area contributed by atoms with E-state index in [0.29, 0.717) is 4.90 Å². The smallest absolute Gasteiger partial charge is 0.258 e. The van der Waals surface area contributed by atoms with Crippen molar-refractivity contribution >= 4 is 23.1 Å². The maximum Gasteiger partial charge on any atom is 0.290 e. The molecule has 23 heavy (non-hydrogen) atoms. The van der Waals surface area contributed by atoms with E-state index in [1.807, 2.05) is 11.5 Å². The van der Waals surface area contributed by atoms with E-state index < -0.39 is 9.85 Å². The van der Waals surface area contributed by atoms with Gasteiger partial charge in [-0.1, -0.05) is 56.9 Å². The zero-order chi connectivity index (χ0) is 17.1. The van der Waals surface area contributed by atoms with Crippen LogP contribution >= 0.6 is 11.8 Å². The Morgan fingerprint density at radius 1 is 1.04 bits per heavy atom. The molecule has 0 N–H and O–H groups in total. The normalized spacial score (nSPS) is 11.0. The molecule has 0 aliphatic carbocycles. The van der Waals surface area contributed by atoms with Crippen LogP contribution in [0, 0.1) is 20.2 Å². The highest BCUT2D eigenvalue weighted by Gasteiger charge is 2.18. The number of nitro groups is 2. The standard InChI is InChI=1S/C16H22N2O4S/c1-2-3-4-5-6-7-8-9-12-23-16-11-10-14(17(19)20)13-15(16)18(21)22/h9-13H,2-8H2,1H3/b12-9-. The van der Waals surface area contributed by atoms with Gasteiger partial charge in [-0.3, -0.25) is 20.2 Å². The number of nitrogens with zero attached hydrogens (tertiary/aromatic N) is 2. The molecule has 0 unspecified atom stereocenters. The fraction of sp³-hybridized carbons (Fsp3) is 0.500. The zero-order valence-electron chi connectivity index (χ0n) is 13.3. The van der Waals surface area contributed by atoms with Crippen molar-refractivity contribution < 1.29 is 9.85 Å². The monoisotopic (exact) mass is 338 g/mol. The van der Waals surface area contributed by atoms with Crippen molar-refractivity contribution in [3.05, 3.63) is 49.9 Å². The van der Waals surface area contributed by atoms with Crippen molar-refractivity contribution in [3.63, 3.8) is 0 Å². The second-order valence-corrected chi connectivity index (χ2v) is 6.16. The van der Waals surface area contributed by atoms with Crippen molar-refractivity contribution in [2.24, 2.45) is 0 Å². The Kier molecular flexibility index (Phi) is 8.97. The van der Waals surface area contributed by atoms with Gasteiger partial charge in [0.1, 0.15) is 0 Å². The molecule has 0 fully saturated rings. The van der Waals surface area contributed by atoms with Gasteiger partial charge in [-0.15, -0.1) is 0 Å². The lowest BCUT2D eigenvalue weighted by Crippen LogP contribution is -1.94. The molecule has 0 atom stereocenters. The second kappa shape index (κ2) is 10.8. The molecule has 0 saturated heterocycles. The van der Waals surface area contributed by atoms with Crippen LogP contribution in [0.1, 0.15) is 51.9 Å². The molecule has 0 amide bonds. The highest BCUT2D eigenvalue weighted by molar-refractivity contribution is 8.02. The Labute approximate surface area is 140 Å². The SMILES string of the molecule is CCCCCCCC/C=C\Sc1ccc([N+](=O)[O-])cc1[N+](=O)[O-]. The van der Waals surface area contributed by atoms with Gasteiger partial charge in [0.25, 0.3) is 11.4 Å². The number of nitro benzene ring substituents is 2. The first kappa shape index (κ1) is 19.2. The van der Waals surface area contributed by atoms with Crippen molar-refractivity contribution in [2.75, 3.05) is 0 Å². The zero-order valence-corrected chi connectivity index (χ0v) is 14.1. The highest BCUT2D eigenvalue weighted by Crippen LogP contribution is 2.33. The Bertz CT molecular complexity index is 561. The van der Waals surface area contributed by atoms with E-state index in [0.717, 1.165) is 18.9 Å². The molecule has 6 nitrogen and oxygen atoms in total. The number of rotatable bonds is 11. The van der Waals surface area contributed by atoms with Gasteiger partial charge in [0, 0.05) is 6.07 Å². The number of unbranched alkanes of at least 4 members (excludes halogenated alkanes) is 6. The number of non-ortho nitro benzene ring substituents is 1. The van der Waals surface area contributed by atoms with Crippen molar-refractivity contribution in [1.29, 1.82) is 0 Å². The molecule has 7 heteroatoms. The lowest BCUT2D eigenvalue weighted by molar-refractivity contribution is -0.396. The fourth-order valence-electron chi connectivity index (χ4n) is 2.09. The minimum atomic E-state index is -0.629. The van der Waals surface area contributed by atoms with E-state index in [1.165, 1.54) is 56.0 Å². The maximum absolute atomic E-state index is 11.0. The molecule has 0 heterocycles. The van der Waals surface area contributed by atoms with Gasteiger partial charge in [-0.2, -0.15) is 0 Å². The highest BCUT2D eigenvalue weighted by atomic mass is 32.2. The lowest BCUT2D eigenvalue weighted by atomic mass is 10.1. The number of benzene rings is 1. The molecule has 0 radical (unpaired) electrons. The predicted octanol–water partition coefficient (Wildman–Crippen LogP) is 5.86. The average Bonchev–Trinajstić information content (AvgIpc) is 2.53. The van der Waals surface area contributed by atoms with Crippen LogP contribution < -0.4 is 0 Å². The molecule has 0 aliphatic heterocycles. The Balaban J connectivity index is 2.46. The van der Waals surface area contributed by atoms with E-state index in [9.17, 15) is 20.2 Å². The minimum Gasteiger partial charge on any atom is -0.258 e. The van der Waals surface area contributed by atoms with Gasteiger partial charge in [0.05, 0.1) is 20.8 Å². The lowest BCUT2D eigenvalue weighted by Gasteiger charge is -2.00. The summed E-state index contributed by atoms with van der Waals surface area (Å²) in [5.41, 5.74) is -0.495. The number of hydrogen-bond donors (Lipinski definition) is 0. The Morgan fingerprint density at radius 3 is 2.39 bits per heavy atom. The quantitative estimate of drug-likeness (QED) is 0.218. The number of thioether (sulfide) groups is 1. The average molecular weight is 338 g/mol. The van der Waals surface area contributed by atoms with Crippen molar-refractivity contribution in [2.45, 2.75) is 56.8 Å². The largest absolute Gasteiger partial charge is 0.290 e. The van der Waals surface area contributed by atoms with Gasteiger partial charge in [0.2, 0.25) is 0 Å². The van der Waals surface area contributed by atoms with Crippen LogP contribution in [-0.2, 0) is 0 Å². The molecule has 1 aromatic rings. The van der Waals surface area contributed by atoms with Crippen molar-refractivity contribution in [1.82, 2.24) is 0 Å². The molecule has 0 aromatic heterocycles. The summed E-state index contributed by atoms with van der Waals surface area (Å²) in [4.78, 5) is 20.9. The number of hydrogen-bond acceptors (Lipinski definition) is 5. The van der Waals surface area contributed by atoms with Crippen LogP contribution in [0.4, 0.5) is 11.4 Å². The second-order valence-electron chi connectivity index (χ2n) is 5.21. The Morgan fingerprint density at radius 2 is 1.74 bits per heavy atom. The maximum atomic E-state index is 11.0. The summed E-state index contributed by atoms with van der Waals surface area (Å²) < 4.78 is 0. The molecule has 0 bridgehead atoms. The van der Waals surface area contributed by atoms with Gasteiger partial charge in [-0.25, -0.2) is 0 Å². The van der Waals surface area contributed by atoms with E-state index in [2.05, 4.69) is 6.92 Å². The molecule has 0 saturated carbocycles. The molecule has 1 rings (SSSR count). The fourth-order valence-corrected chi connectivity index (χ4v) is 2.87. The molecule has 0 aliphatic rings. The molecule has 1 aromatic carbocycles. The summed E-state index contributed by atoms with van der Waals surface area (Å²) in [5, 5.41) is 23.5. The topological polar surface area (TPSA) is 86.3 Å². The first-order valence-electron chi connectivity index (χ1n) is 7.80. The molecular weight excluding hydrogens is 316 g/mol. The van der Waals surface area contributed by atoms with Crippen LogP contribution in [0.5, 0.6) is 0 Å². The summed E-state index contributed by atoms with van der Waals surface area (Å²) in [6.45, 7) is 2.19. The predicted molar refractivity (Wildman–Crippen MR) is 92.7 cm³/mol. The molecule has 126 valence electrons. The van der Waals surface area contributed by atoms with Gasteiger partial charge < -0.3 is 0 Å². The van der Waals surface area contributed by atoms with Crippen molar-refractivity contribution in [3.8, 4) is 0 Å². The van der Waals surface area contributed by atoms with E-state index in [4.69, 9.17) is 0 Å². The van der Waals surface area contributed by atoms with Crippen LogP contribution in [0.3, 0.4) is 0 Å². The third kappa shape index (κ3) is 7.27. The summed E-state index contributed by atoms with van der Waals surface area (Å²) in [5.74, 6) is 0. The third-order valence-corrected chi connectivity index (χ3v) is 4.29. The van der Waals surface area contributed by atoms with Gasteiger partial charge in [-0.05, 0) is 24.3 Å². The summed E-state index contributed by atoms with van der Waals surface area (Å²) >= 11 is 1.22. The van der Waals surface area contributed by atoms with Crippen LogP contribution in [-0.4, -0.2) is 9.85 Å². The summed E-state index contributed by atoms with van der Waals surface area (Å²) in [6.07, 6.45) is 10.3. The van der Waals surface area contributed by atoms with Crippen LogP contribution in [0.2, 0.25) is 0 Å². The first-order valence-corrected chi connectivity index (χ1v) is 8.68. The van der Waals surface area contributed by atoms with Gasteiger partial charge >= 0.3 is 0 Å². The van der Waals surface area contributed by atoms with E-state index >= 15 is 0 Å². The van der Waals surface area contributed by atoms with E-state index in [-0.39, 0.29) is 11.4 Å². The molecular formula is C16H22N2O4S. The van der Waals surface area contributed by atoms with E-state index in [1.54, 1.807) is 0 Å². The first-order chi connectivity index (χ1) is 11.1. The summed E-state index contributed by atoms with van der Waals surface area (Å²) in [6, 6.07) is 3.72. The third-order valence-electron chi connectivity index (χ3n) is 3.37. The van der Waals surface area contributed by atoms with Crippen LogP contribution in [0.25, 0.3) is 0 Å². The molecule has 0 spiro atoms. The van der Waals surface area contributed by atoms with Gasteiger partial charge in [0.15, 0.2) is 0 Å². The summed E-state index contributed by atoms with van der Waals surface area (Å²) in [7, 11) is 0. The minimum absolute atomic E-state index is 0.228. The number of allylic oxidation sites excluding steroid dienone is 1.